The number of hydrogen-bond donors (Lipinski definition) is 0. The van der Waals surface area contributed by atoms with Gasteiger partial charge < -0.3 is 9.47 Å². The molecule has 1 unspecified atom stereocenters. The van der Waals surface area contributed by atoms with Crippen molar-refractivity contribution < 1.29 is 14.3 Å². The lowest BCUT2D eigenvalue weighted by Gasteiger charge is -2.34. The van der Waals surface area contributed by atoms with E-state index in [1.54, 1.807) is 0 Å². The Morgan fingerprint density at radius 3 is 2.30 bits per heavy atom. The molecule has 1 aliphatic rings. The highest BCUT2D eigenvalue weighted by molar-refractivity contribution is 5.65. The van der Waals surface area contributed by atoms with Gasteiger partial charge in [-0.15, -0.1) is 0 Å². The van der Waals surface area contributed by atoms with Crippen LogP contribution < -0.4 is 0 Å². The summed E-state index contributed by atoms with van der Waals surface area (Å²) in [7, 11) is 0. The molecule has 1 aliphatic heterocycles. The van der Waals surface area contributed by atoms with E-state index in [0.29, 0.717) is 6.61 Å². The molecule has 0 spiro atoms. The first-order valence-corrected chi connectivity index (χ1v) is 9.74. The molecule has 0 amide bonds. The van der Waals surface area contributed by atoms with Gasteiger partial charge in [0.05, 0.1) is 6.10 Å². The molecular weight excluding hydrogens is 338 g/mol. The monoisotopic (exact) mass is 367 g/mol. The summed E-state index contributed by atoms with van der Waals surface area (Å²) in [6.45, 7) is 6.77. The predicted molar refractivity (Wildman–Crippen MR) is 107 cm³/mol. The Balaban J connectivity index is 1.60. The second-order valence-electron chi connectivity index (χ2n) is 7.22. The zero-order valence-corrected chi connectivity index (χ0v) is 16.3. The van der Waals surface area contributed by atoms with Crippen molar-refractivity contribution >= 4 is 5.97 Å². The summed E-state index contributed by atoms with van der Waals surface area (Å²) in [5.74, 6) is -0.211. The topological polar surface area (TPSA) is 38.8 Å². The average molecular weight is 367 g/mol. The van der Waals surface area contributed by atoms with Gasteiger partial charge in [0.1, 0.15) is 12.7 Å². The largest absolute Gasteiger partial charge is 0.465 e. The van der Waals surface area contributed by atoms with Crippen molar-refractivity contribution in [3.63, 3.8) is 0 Å². The average Bonchev–Trinajstić information content (AvgIpc) is 2.68. The van der Waals surface area contributed by atoms with E-state index in [9.17, 15) is 4.79 Å². The standard InChI is InChI=1S/C23H29NO3/c1-18-8-10-21(11-9-18)23(20-6-4-3-5-7-20)27-22-12-14-24(15-13-22)16-17-26-19(2)25/h3-11,22-23H,12-17H2,1-2H3. The molecule has 144 valence electrons. The number of likely N-dealkylation sites (tertiary alicyclic amines) is 1. The fourth-order valence-electron chi connectivity index (χ4n) is 3.50. The van der Waals surface area contributed by atoms with E-state index in [2.05, 4.69) is 60.4 Å². The smallest absolute Gasteiger partial charge is 0.302 e. The van der Waals surface area contributed by atoms with E-state index in [-0.39, 0.29) is 18.2 Å². The van der Waals surface area contributed by atoms with E-state index < -0.39 is 0 Å². The summed E-state index contributed by atoms with van der Waals surface area (Å²) < 4.78 is 11.6. The van der Waals surface area contributed by atoms with Crippen LogP contribution in [0.5, 0.6) is 0 Å². The van der Waals surface area contributed by atoms with Crippen molar-refractivity contribution in [1.82, 2.24) is 4.90 Å². The third kappa shape index (κ3) is 5.91. The van der Waals surface area contributed by atoms with Crippen LogP contribution in [0.2, 0.25) is 0 Å². The Labute approximate surface area is 162 Å². The van der Waals surface area contributed by atoms with Crippen molar-refractivity contribution in [2.75, 3.05) is 26.2 Å². The van der Waals surface area contributed by atoms with Crippen molar-refractivity contribution in [3.8, 4) is 0 Å². The lowest BCUT2D eigenvalue weighted by Crippen LogP contribution is -2.39. The number of esters is 1. The first kappa shape index (κ1) is 19.6. The minimum absolute atomic E-state index is 0.0376. The highest BCUT2D eigenvalue weighted by Crippen LogP contribution is 2.30. The minimum atomic E-state index is -0.211. The van der Waals surface area contributed by atoms with E-state index in [1.807, 2.05) is 6.07 Å². The zero-order chi connectivity index (χ0) is 19.1. The van der Waals surface area contributed by atoms with Gasteiger partial charge in [-0.25, -0.2) is 0 Å². The second kappa shape index (κ2) is 9.67. The predicted octanol–water partition coefficient (Wildman–Crippen LogP) is 4.13. The second-order valence-corrected chi connectivity index (χ2v) is 7.22. The molecule has 0 radical (unpaired) electrons. The molecule has 0 aromatic heterocycles. The first-order chi connectivity index (χ1) is 13.1. The third-order valence-corrected chi connectivity index (χ3v) is 5.06. The summed E-state index contributed by atoms with van der Waals surface area (Å²) in [4.78, 5) is 13.2. The molecule has 2 aromatic carbocycles. The van der Waals surface area contributed by atoms with Crippen LogP contribution >= 0.6 is 0 Å². The van der Waals surface area contributed by atoms with Gasteiger partial charge >= 0.3 is 5.97 Å². The van der Waals surface area contributed by atoms with E-state index in [4.69, 9.17) is 9.47 Å². The summed E-state index contributed by atoms with van der Waals surface area (Å²) >= 11 is 0. The fourth-order valence-corrected chi connectivity index (χ4v) is 3.50. The summed E-state index contributed by atoms with van der Waals surface area (Å²) in [6.07, 6.45) is 2.19. The van der Waals surface area contributed by atoms with Gasteiger partial charge in [0.25, 0.3) is 0 Å². The molecule has 3 rings (SSSR count). The lowest BCUT2D eigenvalue weighted by atomic mass is 9.99. The van der Waals surface area contributed by atoms with Crippen molar-refractivity contribution in [1.29, 1.82) is 0 Å². The number of hydrogen-bond acceptors (Lipinski definition) is 4. The Morgan fingerprint density at radius 1 is 1.04 bits per heavy atom. The molecule has 0 aliphatic carbocycles. The molecule has 0 saturated carbocycles. The molecule has 1 atom stereocenters. The number of ether oxygens (including phenoxy) is 2. The van der Waals surface area contributed by atoms with Gasteiger partial charge in [0.15, 0.2) is 0 Å². The van der Waals surface area contributed by atoms with Crippen molar-refractivity contribution in [3.05, 3.63) is 71.3 Å². The molecule has 27 heavy (non-hydrogen) atoms. The lowest BCUT2D eigenvalue weighted by molar-refractivity contribution is -0.141. The van der Waals surface area contributed by atoms with Crippen molar-refractivity contribution in [2.45, 2.75) is 38.9 Å². The summed E-state index contributed by atoms with van der Waals surface area (Å²) in [5, 5.41) is 0. The van der Waals surface area contributed by atoms with E-state index >= 15 is 0 Å². The number of aryl methyl sites for hydroxylation is 1. The normalized spacial score (nSPS) is 16.8. The molecular formula is C23H29NO3. The summed E-state index contributed by atoms with van der Waals surface area (Å²) in [5.41, 5.74) is 3.65. The number of carbonyl (C=O) groups is 1. The highest BCUT2D eigenvalue weighted by Gasteiger charge is 2.24. The number of piperidine rings is 1. The van der Waals surface area contributed by atoms with Crippen LogP contribution in [0.4, 0.5) is 0 Å². The Kier molecular flexibility index (Phi) is 7.02. The number of benzene rings is 2. The maximum absolute atomic E-state index is 10.9. The van der Waals surface area contributed by atoms with Gasteiger partial charge in [-0.1, -0.05) is 60.2 Å². The highest BCUT2D eigenvalue weighted by atomic mass is 16.5. The van der Waals surface area contributed by atoms with Gasteiger partial charge in [0.2, 0.25) is 0 Å². The number of nitrogens with zero attached hydrogens (tertiary/aromatic N) is 1. The first-order valence-electron chi connectivity index (χ1n) is 9.74. The Morgan fingerprint density at radius 2 is 1.67 bits per heavy atom. The van der Waals surface area contributed by atoms with Crippen LogP contribution in [0.25, 0.3) is 0 Å². The molecule has 2 aromatic rings. The maximum Gasteiger partial charge on any atom is 0.302 e. The van der Waals surface area contributed by atoms with Gasteiger partial charge in [-0.05, 0) is 30.9 Å². The Hall–Kier alpha value is -2.17. The number of carbonyl (C=O) groups excluding carboxylic acids is 1. The minimum Gasteiger partial charge on any atom is -0.465 e. The molecule has 4 heteroatoms. The molecule has 1 fully saturated rings. The van der Waals surface area contributed by atoms with E-state index in [1.165, 1.54) is 23.6 Å². The van der Waals surface area contributed by atoms with Crippen LogP contribution in [0.1, 0.15) is 42.6 Å². The Bertz CT molecular complexity index is 706. The van der Waals surface area contributed by atoms with Gasteiger partial charge in [-0.2, -0.15) is 0 Å². The van der Waals surface area contributed by atoms with E-state index in [0.717, 1.165) is 32.5 Å². The molecule has 1 saturated heterocycles. The maximum atomic E-state index is 10.9. The fraction of sp³-hybridized carbons (Fsp3) is 0.435. The molecule has 0 bridgehead atoms. The third-order valence-electron chi connectivity index (χ3n) is 5.06. The zero-order valence-electron chi connectivity index (χ0n) is 16.3. The van der Waals surface area contributed by atoms with Crippen LogP contribution in [0.3, 0.4) is 0 Å². The van der Waals surface area contributed by atoms with Gasteiger partial charge in [0, 0.05) is 26.6 Å². The summed E-state index contributed by atoms with van der Waals surface area (Å²) in [6, 6.07) is 19.1. The number of rotatable bonds is 7. The quantitative estimate of drug-likeness (QED) is 0.690. The van der Waals surface area contributed by atoms with Crippen LogP contribution in [0.15, 0.2) is 54.6 Å². The van der Waals surface area contributed by atoms with Crippen LogP contribution in [-0.2, 0) is 14.3 Å². The van der Waals surface area contributed by atoms with Gasteiger partial charge in [-0.3, -0.25) is 9.69 Å². The van der Waals surface area contributed by atoms with Crippen LogP contribution in [-0.4, -0.2) is 43.2 Å². The van der Waals surface area contributed by atoms with Crippen molar-refractivity contribution in [2.24, 2.45) is 0 Å². The molecule has 1 heterocycles. The molecule has 0 N–H and O–H groups in total. The SMILES string of the molecule is CC(=O)OCCN1CCC(OC(c2ccccc2)c2ccc(C)cc2)CC1. The molecule has 4 nitrogen and oxygen atoms in total. The van der Waals surface area contributed by atoms with Crippen LogP contribution in [0, 0.1) is 6.92 Å².